The number of nitrogens with two attached hydrogens (primary N) is 1. The smallest absolute Gasteiger partial charge is 0.328 e. The highest BCUT2D eigenvalue weighted by atomic mass is 19.2. The molecule has 1 atom stereocenters. The number of aliphatic carboxylic acids is 1. The molecule has 224 valence electrons. The van der Waals surface area contributed by atoms with Gasteiger partial charge in [-0.1, -0.05) is 6.08 Å². The molecule has 5 rings (SSSR count). The molecule has 2 aromatic heterocycles. The molecule has 3 heterocycles. The minimum absolute atomic E-state index is 0.0112. The summed E-state index contributed by atoms with van der Waals surface area (Å²) in [6.07, 6.45) is 4.59. The van der Waals surface area contributed by atoms with Crippen LogP contribution in [0.4, 0.5) is 32.6 Å². The summed E-state index contributed by atoms with van der Waals surface area (Å²) in [5.41, 5.74) is 6.30. The molecule has 1 saturated heterocycles. The minimum atomic E-state index is -1.79. The van der Waals surface area contributed by atoms with Gasteiger partial charge in [-0.15, -0.1) is 0 Å². The predicted octanol–water partition coefficient (Wildman–Crippen LogP) is 4.55. The molecule has 4 aromatic rings. The fourth-order valence-corrected chi connectivity index (χ4v) is 4.71. The highest BCUT2D eigenvalue weighted by Gasteiger charge is 2.29. The number of likely N-dealkylation sites (tertiary alicyclic amines) is 1. The van der Waals surface area contributed by atoms with Gasteiger partial charge >= 0.3 is 12.0 Å². The van der Waals surface area contributed by atoms with E-state index in [9.17, 15) is 27.2 Å². The highest BCUT2D eigenvalue weighted by Crippen LogP contribution is 2.37. The summed E-state index contributed by atoms with van der Waals surface area (Å²) < 4.78 is 77.2. The molecule has 1 unspecified atom stereocenters. The van der Waals surface area contributed by atoms with Crippen molar-refractivity contribution in [2.75, 3.05) is 25.4 Å². The van der Waals surface area contributed by atoms with Crippen molar-refractivity contribution in [3.63, 3.8) is 0 Å². The van der Waals surface area contributed by atoms with E-state index < -0.39 is 58.6 Å². The second-order valence-electron chi connectivity index (χ2n) is 9.46. The zero-order valence-electron chi connectivity index (χ0n) is 22.0. The van der Waals surface area contributed by atoms with Crippen molar-refractivity contribution in [3.8, 4) is 22.8 Å². The Morgan fingerprint density at radius 2 is 1.84 bits per heavy atom. The van der Waals surface area contributed by atoms with Crippen LogP contribution in [-0.4, -0.2) is 61.4 Å². The van der Waals surface area contributed by atoms with Gasteiger partial charge < -0.3 is 25.8 Å². The number of aromatic nitrogens is 4. The highest BCUT2D eigenvalue weighted by molar-refractivity contribution is 5.98. The number of hydrogen-bond donors (Lipinski definition) is 3. The van der Waals surface area contributed by atoms with Gasteiger partial charge in [0.05, 0.1) is 11.4 Å². The Balaban J connectivity index is 1.44. The summed E-state index contributed by atoms with van der Waals surface area (Å²) >= 11 is 0. The number of ether oxygens (including phenoxy) is 1. The van der Waals surface area contributed by atoms with E-state index in [2.05, 4.69) is 20.4 Å². The van der Waals surface area contributed by atoms with Gasteiger partial charge in [-0.3, -0.25) is 0 Å². The number of carboxylic acids is 1. The first-order valence-corrected chi connectivity index (χ1v) is 12.8. The summed E-state index contributed by atoms with van der Waals surface area (Å²) in [6.45, 7) is 0.642. The maximum Gasteiger partial charge on any atom is 0.328 e. The zero-order valence-corrected chi connectivity index (χ0v) is 22.0. The van der Waals surface area contributed by atoms with Gasteiger partial charge in [-0.05, 0) is 25.0 Å². The van der Waals surface area contributed by atoms with Crippen LogP contribution in [0.25, 0.3) is 22.3 Å². The number of carboxylic acid groups (broad SMARTS) is 1. The summed E-state index contributed by atoms with van der Waals surface area (Å²) in [5, 5.41) is 16.1. The Bertz CT molecular complexity index is 1740. The molecule has 1 fully saturated rings. The first-order valence-electron chi connectivity index (χ1n) is 12.8. The number of anilines is 1. The van der Waals surface area contributed by atoms with Gasteiger partial charge in [0.2, 0.25) is 17.4 Å². The van der Waals surface area contributed by atoms with Crippen molar-refractivity contribution < 1.29 is 41.4 Å². The maximum atomic E-state index is 15.4. The third-order valence-corrected chi connectivity index (χ3v) is 6.67. The number of rotatable bonds is 7. The average Bonchev–Trinajstić information content (AvgIpc) is 3.37. The number of piperidine rings is 1. The van der Waals surface area contributed by atoms with E-state index in [1.54, 1.807) is 0 Å². The quantitative estimate of drug-likeness (QED) is 0.158. The second kappa shape index (κ2) is 11.9. The lowest BCUT2D eigenvalue weighted by molar-refractivity contribution is -0.131. The van der Waals surface area contributed by atoms with Crippen molar-refractivity contribution in [1.29, 1.82) is 0 Å². The molecule has 2 aromatic carbocycles. The molecule has 0 saturated carbocycles. The lowest BCUT2D eigenvalue weighted by Gasteiger charge is -2.32. The van der Waals surface area contributed by atoms with E-state index in [4.69, 9.17) is 15.6 Å². The molecule has 11 nitrogen and oxygen atoms in total. The van der Waals surface area contributed by atoms with Gasteiger partial charge in [0.15, 0.2) is 17.3 Å². The van der Waals surface area contributed by atoms with Crippen molar-refractivity contribution in [2.24, 2.45) is 0 Å². The van der Waals surface area contributed by atoms with Crippen LogP contribution in [0.15, 0.2) is 42.7 Å². The number of fused-ring (bicyclic) bond motifs is 1. The average molecular weight is 604 g/mol. The molecular weight excluding hydrogens is 581 g/mol. The van der Waals surface area contributed by atoms with Crippen molar-refractivity contribution in [3.05, 3.63) is 71.8 Å². The van der Waals surface area contributed by atoms with Crippen LogP contribution in [0, 0.1) is 29.1 Å². The van der Waals surface area contributed by atoms with Crippen LogP contribution >= 0.6 is 0 Å². The lowest BCUT2D eigenvalue weighted by Crippen LogP contribution is -2.46. The number of nitrogens with zero attached hydrogens (tertiary/aromatic N) is 5. The van der Waals surface area contributed by atoms with Crippen LogP contribution in [-0.2, 0) is 4.79 Å². The van der Waals surface area contributed by atoms with E-state index in [-0.39, 0.29) is 47.3 Å². The van der Waals surface area contributed by atoms with E-state index in [0.29, 0.717) is 19.4 Å². The van der Waals surface area contributed by atoms with Crippen LogP contribution in [0.5, 0.6) is 11.5 Å². The van der Waals surface area contributed by atoms with Crippen LogP contribution in [0.2, 0.25) is 0 Å². The van der Waals surface area contributed by atoms with E-state index in [1.807, 2.05) is 0 Å². The zero-order chi connectivity index (χ0) is 30.8. The Hall–Kier alpha value is -5.28. The molecule has 43 heavy (non-hydrogen) atoms. The Morgan fingerprint density at radius 1 is 1.09 bits per heavy atom. The van der Waals surface area contributed by atoms with Gasteiger partial charge in [0.25, 0.3) is 0 Å². The third-order valence-electron chi connectivity index (χ3n) is 6.67. The van der Waals surface area contributed by atoms with Gasteiger partial charge in [-0.25, -0.2) is 37.4 Å². The second-order valence-corrected chi connectivity index (χ2v) is 9.46. The molecule has 0 radical (unpaired) electrons. The summed E-state index contributed by atoms with van der Waals surface area (Å²) in [5.74, 6) is -10.9. The molecule has 1 aliphatic rings. The Kier molecular flexibility index (Phi) is 8.09. The number of carbonyl (C=O) groups is 2. The largest absolute Gasteiger partial charge is 0.478 e. The molecule has 0 bridgehead atoms. The molecule has 4 N–H and O–H groups in total. The number of benzene rings is 2. The van der Waals surface area contributed by atoms with Crippen LogP contribution < -0.4 is 15.8 Å². The lowest BCUT2D eigenvalue weighted by atomic mass is 10.1. The normalized spacial score (nSPS) is 15.3. The first-order chi connectivity index (χ1) is 20.5. The number of nitrogen functional groups attached to an aromatic ring is 1. The first kappa shape index (κ1) is 29.2. The molecule has 0 aliphatic carbocycles. The van der Waals surface area contributed by atoms with E-state index in [0.717, 1.165) is 18.2 Å². The molecular formula is C27H22F5N7O4. The van der Waals surface area contributed by atoms with Gasteiger partial charge in [0.1, 0.15) is 29.4 Å². The fourth-order valence-electron chi connectivity index (χ4n) is 4.71. The number of hydrogen-bond acceptors (Lipinski definition) is 7. The van der Waals surface area contributed by atoms with E-state index >= 15 is 4.39 Å². The number of urea groups is 1. The van der Waals surface area contributed by atoms with Crippen molar-refractivity contribution in [1.82, 2.24) is 30.0 Å². The maximum absolute atomic E-state index is 15.4. The topological polar surface area (TPSA) is 148 Å². The summed E-state index contributed by atoms with van der Waals surface area (Å²) in [6, 6.07) is 2.26. The SMILES string of the molecule is Nc1ncnc2c1c(-c1ccc(Oc3c(F)c(F)cc(F)c3F)cc1F)nn2C1CCCN(C(=O)NC/C=C/C(=O)O)C1. The molecule has 2 amide bonds. The number of nitrogens with one attached hydrogen (secondary N) is 1. The van der Waals surface area contributed by atoms with Crippen LogP contribution in [0.3, 0.4) is 0 Å². The van der Waals surface area contributed by atoms with Crippen molar-refractivity contribution >= 4 is 28.9 Å². The number of amides is 2. The third kappa shape index (κ3) is 5.89. The molecule has 0 spiro atoms. The summed E-state index contributed by atoms with van der Waals surface area (Å²) in [7, 11) is 0. The van der Waals surface area contributed by atoms with Crippen molar-refractivity contribution in [2.45, 2.75) is 18.9 Å². The Labute approximate surface area is 239 Å². The predicted molar refractivity (Wildman–Crippen MR) is 141 cm³/mol. The fraction of sp³-hybridized carbons (Fsp3) is 0.222. The minimum Gasteiger partial charge on any atom is -0.478 e. The Morgan fingerprint density at radius 3 is 2.53 bits per heavy atom. The monoisotopic (exact) mass is 603 g/mol. The van der Waals surface area contributed by atoms with Gasteiger partial charge in [0, 0.05) is 43.4 Å². The van der Waals surface area contributed by atoms with Gasteiger partial charge in [-0.2, -0.15) is 13.9 Å². The van der Waals surface area contributed by atoms with Crippen LogP contribution in [0.1, 0.15) is 18.9 Å². The number of carbonyl (C=O) groups excluding carboxylic acids is 1. The van der Waals surface area contributed by atoms with E-state index in [1.165, 1.54) is 28.1 Å². The molecule has 16 heteroatoms. The number of halogens is 5. The standard InChI is InChI=1S/C27H22F5N7O4/c28-16-9-14(43-24-21(31)17(29)10-18(30)22(24)32)5-6-15(16)23-20-25(33)35-12-36-26(20)39(37-23)13-3-2-8-38(11-13)27(42)34-7-1-4-19(40)41/h1,4-6,9-10,12-13H,2-3,7-8,11H2,(H,34,42)(H,40,41)(H2,33,35,36)/b4-1+. The summed E-state index contributed by atoms with van der Waals surface area (Å²) in [4.78, 5) is 33.1. The molecule has 1 aliphatic heterocycles.